The molecule has 80 heavy (non-hydrogen) atoms. The third-order valence-electron chi connectivity index (χ3n) is 12.1. The van der Waals surface area contributed by atoms with E-state index in [1.54, 1.807) is 128 Å². The fourth-order valence-corrected chi connectivity index (χ4v) is 8.32. The Morgan fingerprint density at radius 3 is 1.26 bits per heavy atom. The second-order valence-corrected chi connectivity index (χ2v) is 19.9. The van der Waals surface area contributed by atoms with Gasteiger partial charge < -0.3 is 57.9 Å². The number of nitrogens with zero attached hydrogens (tertiary/aromatic N) is 11. The highest BCUT2D eigenvalue weighted by atomic mass is 79.9. The zero-order valence-corrected chi connectivity index (χ0v) is 45.7. The van der Waals surface area contributed by atoms with Crippen molar-refractivity contribution in [3.8, 4) is 22.3 Å². The highest BCUT2D eigenvalue weighted by Gasteiger charge is 2.27. The van der Waals surface area contributed by atoms with Crippen molar-refractivity contribution >= 4 is 85.9 Å². The van der Waals surface area contributed by atoms with Gasteiger partial charge in [0.1, 0.15) is 34.7 Å². The van der Waals surface area contributed by atoms with Crippen LogP contribution in [0.1, 0.15) is 51.8 Å². The Balaban J connectivity index is 0.000000167. The molecule has 10 heterocycles. The van der Waals surface area contributed by atoms with Gasteiger partial charge >= 0.3 is 6.09 Å². The number of ether oxygens (including phenoxy) is 1. The number of hydrogen-bond donors (Lipinski definition) is 7. The van der Waals surface area contributed by atoms with Crippen molar-refractivity contribution in [3.05, 3.63) is 168 Å². The van der Waals surface area contributed by atoms with E-state index in [-0.39, 0.29) is 46.8 Å². The third kappa shape index (κ3) is 15.7. The lowest BCUT2D eigenvalue weighted by molar-refractivity contribution is 0.0240. The average Bonchev–Trinajstić information content (AvgIpc) is 3.48. The molecule has 2 fully saturated rings. The molecule has 410 valence electrons. The van der Waals surface area contributed by atoms with Crippen LogP contribution in [0.5, 0.6) is 0 Å². The molecule has 24 heteroatoms. The number of pyridine rings is 8. The topological polar surface area (TPSA) is 317 Å². The van der Waals surface area contributed by atoms with Crippen molar-refractivity contribution in [1.29, 1.82) is 0 Å². The molecule has 4 amide bonds. The summed E-state index contributed by atoms with van der Waals surface area (Å²) >= 11 is 3.24. The fourth-order valence-electron chi connectivity index (χ4n) is 7.99. The summed E-state index contributed by atoms with van der Waals surface area (Å²) in [5, 5.41) is 11.6. The van der Waals surface area contributed by atoms with Crippen molar-refractivity contribution in [2.45, 2.75) is 26.4 Å². The predicted octanol–water partition coefficient (Wildman–Crippen LogP) is 7.29. The van der Waals surface area contributed by atoms with Gasteiger partial charge in [0.05, 0.1) is 16.7 Å². The molecule has 10 N–H and O–H groups in total. The number of hydrogen-bond acceptors (Lipinski definition) is 19. The Morgan fingerprint density at radius 2 is 0.875 bits per heavy atom. The summed E-state index contributed by atoms with van der Waals surface area (Å²) in [7, 11) is 0. The Morgan fingerprint density at radius 1 is 0.500 bits per heavy atom. The number of piperazine rings is 2. The highest BCUT2D eigenvalue weighted by Crippen LogP contribution is 2.27. The van der Waals surface area contributed by atoms with E-state index in [0.29, 0.717) is 58.8 Å². The second-order valence-electron chi connectivity index (χ2n) is 19.0. The van der Waals surface area contributed by atoms with Gasteiger partial charge in [0.2, 0.25) is 0 Å². The Labute approximate surface area is 470 Å². The summed E-state index contributed by atoms with van der Waals surface area (Å²) in [4.78, 5) is 88.8. The SMILES string of the molecule is CC(C)(C)OC(=O)N1CCN(c2ccc(-c3cnc(N)c(C(=O)Nc4ccncc4)c3)cn2)CC1.Nc1ncc(-c2ccc(N3CCNCC3)nc2)cc1C(=O)Nc1ccncc1.Nc1ncc(Br)cc1C(=O)Nc1ccncc1. The molecule has 2 aliphatic heterocycles. The van der Waals surface area contributed by atoms with Gasteiger partial charge in [-0.1, -0.05) is 0 Å². The first-order valence-corrected chi connectivity index (χ1v) is 26.0. The summed E-state index contributed by atoms with van der Waals surface area (Å²) in [6.45, 7) is 11.8. The summed E-state index contributed by atoms with van der Waals surface area (Å²) in [5.41, 5.74) is 23.1. The summed E-state index contributed by atoms with van der Waals surface area (Å²) < 4.78 is 6.16. The van der Waals surface area contributed by atoms with Gasteiger partial charge in [-0.25, -0.2) is 29.7 Å². The van der Waals surface area contributed by atoms with Crippen molar-refractivity contribution in [1.82, 2.24) is 50.1 Å². The van der Waals surface area contributed by atoms with E-state index in [1.807, 2.05) is 45.0 Å². The quantitative estimate of drug-likeness (QED) is 0.0707. The molecule has 0 atom stereocenters. The molecular formula is C56H59BrN18O5. The van der Waals surface area contributed by atoms with Crippen molar-refractivity contribution in [3.63, 3.8) is 0 Å². The maximum atomic E-state index is 12.7. The van der Waals surface area contributed by atoms with E-state index in [2.05, 4.69) is 86.9 Å². The monoisotopic (exact) mass is 1140 g/mol. The Kier molecular flexibility index (Phi) is 18.8. The Bertz CT molecular complexity index is 3380. The van der Waals surface area contributed by atoms with Gasteiger partial charge in [0.15, 0.2) is 0 Å². The molecule has 0 aromatic carbocycles. The molecular weight excluding hydrogens is 1080 g/mol. The number of aromatic nitrogens is 8. The van der Waals surface area contributed by atoms with Crippen LogP contribution in [-0.2, 0) is 4.74 Å². The first-order valence-electron chi connectivity index (χ1n) is 25.2. The van der Waals surface area contributed by atoms with E-state index < -0.39 is 5.60 Å². The summed E-state index contributed by atoms with van der Waals surface area (Å²) in [5.74, 6) is 1.32. The molecule has 2 aliphatic rings. The smallest absolute Gasteiger partial charge is 0.410 e. The van der Waals surface area contributed by atoms with Crippen LogP contribution in [0.15, 0.2) is 152 Å². The number of nitrogen functional groups attached to an aromatic ring is 3. The number of rotatable bonds is 10. The van der Waals surface area contributed by atoms with Crippen LogP contribution < -0.4 is 48.3 Å². The fraction of sp³-hybridized carbons (Fsp3) is 0.214. The van der Waals surface area contributed by atoms with E-state index >= 15 is 0 Å². The average molecular weight is 1140 g/mol. The maximum Gasteiger partial charge on any atom is 0.410 e. The lowest BCUT2D eigenvalue weighted by Crippen LogP contribution is -2.50. The summed E-state index contributed by atoms with van der Waals surface area (Å²) in [6.07, 6.45) is 17.7. The van der Waals surface area contributed by atoms with Crippen molar-refractivity contribution in [2.75, 3.05) is 95.3 Å². The van der Waals surface area contributed by atoms with Gasteiger partial charge in [0, 0.05) is 164 Å². The number of amides is 4. The number of halogens is 1. The van der Waals surface area contributed by atoms with Crippen LogP contribution in [0.3, 0.4) is 0 Å². The first-order chi connectivity index (χ1) is 38.6. The first kappa shape index (κ1) is 56.5. The minimum atomic E-state index is -0.512. The van der Waals surface area contributed by atoms with E-state index in [9.17, 15) is 19.2 Å². The predicted molar refractivity (Wildman–Crippen MR) is 312 cm³/mol. The molecule has 2 saturated heterocycles. The molecule has 23 nitrogen and oxygen atoms in total. The number of anilines is 8. The number of carbonyl (C=O) groups is 4. The molecule has 0 bridgehead atoms. The highest BCUT2D eigenvalue weighted by molar-refractivity contribution is 9.10. The zero-order valence-electron chi connectivity index (χ0n) is 44.1. The Hall–Kier alpha value is -9.68. The van der Waals surface area contributed by atoms with E-state index in [4.69, 9.17) is 21.9 Å². The molecule has 0 saturated carbocycles. The normalized spacial score (nSPS) is 13.1. The molecule has 0 unspecified atom stereocenters. The summed E-state index contributed by atoms with van der Waals surface area (Å²) in [6, 6.07) is 23.1. The van der Waals surface area contributed by atoms with Gasteiger partial charge in [-0.3, -0.25) is 29.3 Å². The standard InChI is InChI=1S/C25H29N7O3.C20H21N7O.C11H9BrN4O/c1-25(2,3)35-24(34)32-12-10-31(11-13-32)21-5-4-17(15-28-21)18-14-20(22(26)29-16-18)23(33)30-19-6-8-27-9-7-19;21-19-17(20(28)26-16-3-5-22-6-4-16)11-15(13-25-19)14-1-2-18(24-12-14)27-9-7-23-8-10-27;12-7-5-9(10(13)15-6-7)11(17)16-8-1-3-14-4-2-8/h4-9,14-16H,10-13H2,1-3H3,(H2,26,29)(H,27,30,33);1-6,11-13,23H,7-10H2,(H2,21,25)(H,22,26,28);1-6H,(H2,13,15)(H,14,16,17). The lowest BCUT2D eigenvalue weighted by Gasteiger charge is -2.36. The van der Waals surface area contributed by atoms with Crippen molar-refractivity contribution < 1.29 is 23.9 Å². The third-order valence-corrected chi connectivity index (χ3v) is 12.6. The van der Waals surface area contributed by atoms with Crippen LogP contribution in [0, 0.1) is 0 Å². The lowest BCUT2D eigenvalue weighted by atomic mass is 10.1. The molecule has 10 rings (SSSR count). The minimum absolute atomic E-state index is 0.146. The number of carbonyl (C=O) groups excluding carboxylic acids is 4. The molecule has 0 radical (unpaired) electrons. The maximum absolute atomic E-state index is 12.7. The zero-order chi connectivity index (χ0) is 56.6. The van der Waals surface area contributed by atoms with E-state index in [0.717, 1.165) is 60.1 Å². The van der Waals surface area contributed by atoms with Crippen LogP contribution in [0.2, 0.25) is 0 Å². The molecule has 8 aromatic heterocycles. The van der Waals surface area contributed by atoms with Crippen LogP contribution in [0.4, 0.5) is 50.9 Å². The van der Waals surface area contributed by atoms with Gasteiger partial charge in [-0.05, 0) is 116 Å². The number of nitrogens with one attached hydrogen (secondary N) is 4. The van der Waals surface area contributed by atoms with Crippen LogP contribution in [0.25, 0.3) is 22.3 Å². The molecule has 0 spiro atoms. The van der Waals surface area contributed by atoms with Gasteiger partial charge in [0.25, 0.3) is 17.7 Å². The molecule has 0 aliphatic carbocycles. The largest absolute Gasteiger partial charge is 0.444 e. The number of nitrogens with two attached hydrogens (primary N) is 3. The van der Waals surface area contributed by atoms with Crippen molar-refractivity contribution in [2.24, 2.45) is 0 Å². The van der Waals surface area contributed by atoms with Crippen LogP contribution >= 0.6 is 15.9 Å². The second kappa shape index (κ2) is 26.6. The minimum Gasteiger partial charge on any atom is -0.444 e. The van der Waals surface area contributed by atoms with Gasteiger partial charge in [-0.15, -0.1) is 0 Å². The molecule has 8 aromatic rings. The van der Waals surface area contributed by atoms with Crippen LogP contribution in [-0.4, -0.2) is 127 Å². The van der Waals surface area contributed by atoms with Gasteiger partial charge in [-0.2, -0.15) is 0 Å². The van der Waals surface area contributed by atoms with E-state index in [1.165, 1.54) is 0 Å².